The third-order valence-corrected chi connectivity index (χ3v) is 5.22. The van der Waals surface area contributed by atoms with E-state index in [0.717, 1.165) is 39.0 Å². The average Bonchev–Trinajstić information content (AvgIpc) is 3.17. The quantitative estimate of drug-likeness (QED) is 0.773. The fourth-order valence-corrected chi connectivity index (χ4v) is 3.45. The lowest BCUT2D eigenvalue weighted by Gasteiger charge is -2.36. The van der Waals surface area contributed by atoms with Crippen LogP contribution in [0.5, 0.6) is 0 Å². The highest BCUT2D eigenvalue weighted by Gasteiger charge is 2.25. The van der Waals surface area contributed by atoms with Crippen LogP contribution in [0, 0.1) is 6.92 Å². The lowest BCUT2D eigenvalue weighted by atomic mass is 10.0. The van der Waals surface area contributed by atoms with Gasteiger partial charge >= 0.3 is 0 Å². The molecular weight excluding hydrogens is 330 g/mol. The van der Waals surface area contributed by atoms with Crippen molar-refractivity contribution in [3.63, 3.8) is 0 Å². The van der Waals surface area contributed by atoms with Crippen molar-refractivity contribution in [2.45, 2.75) is 38.9 Å². The van der Waals surface area contributed by atoms with Crippen LogP contribution >= 0.6 is 0 Å². The SMILES string of the molecule is Cc1cccn(CC(=O)N(C)C2CCN(CCn3cccn3)CC2)c1=O. The Hall–Kier alpha value is -2.41. The first-order valence-electron chi connectivity index (χ1n) is 9.16. The van der Waals surface area contributed by atoms with E-state index in [1.54, 1.807) is 25.4 Å². The molecule has 0 radical (unpaired) electrons. The minimum Gasteiger partial charge on any atom is -0.341 e. The number of hydrogen-bond acceptors (Lipinski definition) is 4. The van der Waals surface area contributed by atoms with Gasteiger partial charge in [-0.25, -0.2) is 0 Å². The van der Waals surface area contributed by atoms with Crippen LogP contribution in [-0.4, -0.2) is 62.8 Å². The molecule has 0 aliphatic carbocycles. The highest BCUT2D eigenvalue weighted by atomic mass is 16.2. The number of likely N-dealkylation sites (N-methyl/N-ethyl adjacent to an activating group) is 1. The Labute approximate surface area is 153 Å². The number of piperidine rings is 1. The molecule has 7 heteroatoms. The Kier molecular flexibility index (Phi) is 5.88. The Morgan fingerprint density at radius 1 is 1.23 bits per heavy atom. The molecule has 1 fully saturated rings. The van der Waals surface area contributed by atoms with E-state index < -0.39 is 0 Å². The molecule has 2 aromatic rings. The van der Waals surface area contributed by atoms with E-state index in [2.05, 4.69) is 10.00 Å². The summed E-state index contributed by atoms with van der Waals surface area (Å²) in [5.41, 5.74) is 0.566. The molecule has 2 aromatic heterocycles. The normalized spacial score (nSPS) is 15.9. The van der Waals surface area contributed by atoms with Gasteiger partial charge < -0.3 is 14.4 Å². The summed E-state index contributed by atoms with van der Waals surface area (Å²) in [6.45, 7) is 5.71. The Morgan fingerprint density at radius 3 is 2.69 bits per heavy atom. The van der Waals surface area contributed by atoms with Gasteiger partial charge in [-0.05, 0) is 31.9 Å². The van der Waals surface area contributed by atoms with Gasteiger partial charge in [0.2, 0.25) is 5.91 Å². The third kappa shape index (κ3) is 4.40. The Morgan fingerprint density at radius 2 is 2.00 bits per heavy atom. The molecule has 0 unspecified atom stereocenters. The van der Waals surface area contributed by atoms with E-state index >= 15 is 0 Å². The number of carbonyl (C=O) groups excluding carboxylic acids is 1. The molecule has 3 rings (SSSR count). The first-order chi connectivity index (χ1) is 12.5. The van der Waals surface area contributed by atoms with Gasteiger partial charge in [-0.3, -0.25) is 14.3 Å². The number of rotatable bonds is 6. The third-order valence-electron chi connectivity index (χ3n) is 5.22. The van der Waals surface area contributed by atoms with Crippen LogP contribution in [0.3, 0.4) is 0 Å². The van der Waals surface area contributed by atoms with Crippen molar-refractivity contribution < 1.29 is 4.79 Å². The van der Waals surface area contributed by atoms with Gasteiger partial charge in [0, 0.05) is 56.9 Å². The van der Waals surface area contributed by atoms with Crippen molar-refractivity contribution in [2.24, 2.45) is 0 Å². The summed E-state index contributed by atoms with van der Waals surface area (Å²) < 4.78 is 3.44. The number of hydrogen-bond donors (Lipinski definition) is 0. The maximum absolute atomic E-state index is 12.6. The zero-order valence-corrected chi connectivity index (χ0v) is 15.5. The molecule has 0 saturated carbocycles. The van der Waals surface area contributed by atoms with Crippen molar-refractivity contribution >= 4 is 5.91 Å². The van der Waals surface area contributed by atoms with Crippen molar-refractivity contribution in [2.75, 3.05) is 26.7 Å². The van der Waals surface area contributed by atoms with Gasteiger partial charge in [0.15, 0.2) is 0 Å². The second kappa shape index (κ2) is 8.31. The van der Waals surface area contributed by atoms with Crippen LogP contribution in [0.15, 0.2) is 41.6 Å². The van der Waals surface area contributed by atoms with Crippen LogP contribution < -0.4 is 5.56 Å². The fourth-order valence-electron chi connectivity index (χ4n) is 3.45. The molecule has 1 saturated heterocycles. The topological polar surface area (TPSA) is 63.4 Å². The summed E-state index contributed by atoms with van der Waals surface area (Å²) in [5.74, 6) is -0.00677. The predicted octanol–water partition coefficient (Wildman–Crippen LogP) is 0.976. The molecule has 0 bridgehead atoms. The molecule has 1 aliphatic rings. The minimum atomic E-state index is -0.0947. The number of aryl methyl sites for hydroxylation is 1. The molecule has 1 aliphatic heterocycles. The van der Waals surface area contributed by atoms with Crippen LogP contribution in [0.1, 0.15) is 18.4 Å². The molecule has 0 atom stereocenters. The van der Waals surface area contributed by atoms with E-state index in [1.807, 2.05) is 35.0 Å². The first-order valence-corrected chi connectivity index (χ1v) is 9.16. The summed E-state index contributed by atoms with van der Waals surface area (Å²) in [7, 11) is 1.85. The molecular formula is C19H27N5O2. The number of nitrogens with zero attached hydrogens (tertiary/aromatic N) is 5. The summed E-state index contributed by atoms with van der Waals surface area (Å²) >= 11 is 0. The summed E-state index contributed by atoms with van der Waals surface area (Å²) in [6.07, 6.45) is 7.38. The van der Waals surface area contributed by atoms with Crippen LogP contribution in [-0.2, 0) is 17.9 Å². The fraction of sp³-hybridized carbons (Fsp3) is 0.526. The maximum Gasteiger partial charge on any atom is 0.253 e. The summed E-state index contributed by atoms with van der Waals surface area (Å²) in [4.78, 5) is 28.9. The van der Waals surface area contributed by atoms with Gasteiger partial charge in [0.05, 0.1) is 6.54 Å². The lowest BCUT2D eigenvalue weighted by Crippen LogP contribution is -2.47. The van der Waals surface area contributed by atoms with Crippen LogP contribution in [0.25, 0.3) is 0 Å². The Bertz CT molecular complexity index is 775. The zero-order chi connectivity index (χ0) is 18.5. The van der Waals surface area contributed by atoms with Crippen molar-refractivity contribution in [3.05, 3.63) is 52.7 Å². The first kappa shape index (κ1) is 18.4. The van der Waals surface area contributed by atoms with Crippen molar-refractivity contribution in [3.8, 4) is 0 Å². The molecule has 0 N–H and O–H groups in total. The molecule has 7 nitrogen and oxygen atoms in total. The number of amides is 1. The number of likely N-dealkylation sites (tertiary alicyclic amines) is 1. The van der Waals surface area contributed by atoms with E-state index in [9.17, 15) is 9.59 Å². The van der Waals surface area contributed by atoms with E-state index in [4.69, 9.17) is 0 Å². The van der Waals surface area contributed by atoms with Crippen LogP contribution in [0.4, 0.5) is 0 Å². The monoisotopic (exact) mass is 357 g/mol. The van der Waals surface area contributed by atoms with Gasteiger partial charge in [0.1, 0.15) is 6.54 Å². The average molecular weight is 357 g/mol. The summed E-state index contributed by atoms with van der Waals surface area (Å²) in [5, 5.41) is 4.23. The highest BCUT2D eigenvalue weighted by Crippen LogP contribution is 2.16. The summed E-state index contributed by atoms with van der Waals surface area (Å²) in [6, 6.07) is 5.75. The van der Waals surface area contributed by atoms with E-state index in [1.165, 1.54) is 4.57 Å². The second-order valence-electron chi connectivity index (χ2n) is 6.97. The molecule has 3 heterocycles. The van der Waals surface area contributed by atoms with Gasteiger partial charge in [-0.2, -0.15) is 5.10 Å². The number of pyridine rings is 1. The van der Waals surface area contributed by atoms with E-state index in [0.29, 0.717) is 5.56 Å². The maximum atomic E-state index is 12.6. The predicted molar refractivity (Wildman–Crippen MR) is 99.9 cm³/mol. The van der Waals surface area contributed by atoms with E-state index in [-0.39, 0.29) is 24.1 Å². The van der Waals surface area contributed by atoms with Crippen LogP contribution in [0.2, 0.25) is 0 Å². The molecule has 1 amide bonds. The van der Waals surface area contributed by atoms with Crippen molar-refractivity contribution in [1.82, 2.24) is 24.1 Å². The second-order valence-corrected chi connectivity index (χ2v) is 6.97. The van der Waals surface area contributed by atoms with Crippen molar-refractivity contribution in [1.29, 1.82) is 0 Å². The molecule has 26 heavy (non-hydrogen) atoms. The van der Waals surface area contributed by atoms with Gasteiger partial charge in [0.25, 0.3) is 5.56 Å². The van der Waals surface area contributed by atoms with Gasteiger partial charge in [-0.1, -0.05) is 6.07 Å². The lowest BCUT2D eigenvalue weighted by molar-refractivity contribution is -0.133. The zero-order valence-electron chi connectivity index (χ0n) is 15.5. The Balaban J connectivity index is 1.48. The number of carbonyl (C=O) groups is 1. The van der Waals surface area contributed by atoms with Gasteiger partial charge in [-0.15, -0.1) is 0 Å². The number of aromatic nitrogens is 3. The standard InChI is InChI=1S/C19H27N5O2/c1-16-5-3-9-23(19(16)26)15-18(25)21(2)17-6-11-22(12-7-17)13-14-24-10-4-8-20-24/h3-5,8-10,17H,6-7,11-15H2,1-2H3. The smallest absolute Gasteiger partial charge is 0.253 e. The molecule has 140 valence electrons. The molecule has 0 aromatic carbocycles. The minimum absolute atomic E-state index is 0.00677. The highest BCUT2D eigenvalue weighted by molar-refractivity contribution is 5.76. The largest absolute Gasteiger partial charge is 0.341 e. The molecule has 0 spiro atoms.